The Bertz CT molecular complexity index is 986. The number of nitrogens with zero attached hydrogens (tertiary/aromatic N) is 1. The first-order valence-corrected chi connectivity index (χ1v) is 9.93. The smallest absolute Gasteiger partial charge is 0.256 e. The van der Waals surface area contributed by atoms with Crippen molar-refractivity contribution in [2.45, 2.75) is 31.1 Å². The van der Waals surface area contributed by atoms with Gasteiger partial charge in [-0.2, -0.15) is 0 Å². The van der Waals surface area contributed by atoms with E-state index >= 15 is 0 Å². The summed E-state index contributed by atoms with van der Waals surface area (Å²) >= 11 is 0. The van der Waals surface area contributed by atoms with Crippen molar-refractivity contribution < 1.29 is 9.53 Å². The second-order valence-electron chi connectivity index (χ2n) is 7.56. The fourth-order valence-electron chi connectivity index (χ4n) is 4.78. The molecule has 0 N–H and O–H groups in total. The van der Waals surface area contributed by atoms with Crippen molar-refractivity contribution in [2.75, 3.05) is 6.54 Å². The number of hydrogen-bond acceptors (Lipinski definition) is 2. The number of fused-ring (bicyclic) bond motifs is 3. The normalized spacial score (nSPS) is 23.4. The Morgan fingerprint density at radius 3 is 2.36 bits per heavy atom. The summed E-state index contributed by atoms with van der Waals surface area (Å²) in [7, 11) is 0. The molecule has 3 heteroatoms. The second kappa shape index (κ2) is 6.92. The summed E-state index contributed by atoms with van der Waals surface area (Å²) in [4.78, 5) is 15.2. The zero-order valence-electron chi connectivity index (χ0n) is 15.8. The molecule has 3 nitrogen and oxygen atoms in total. The van der Waals surface area contributed by atoms with Crippen LogP contribution in [0.2, 0.25) is 0 Å². The summed E-state index contributed by atoms with van der Waals surface area (Å²) in [6.45, 7) is 1.19. The Balaban J connectivity index is 1.62. The predicted octanol–water partition coefficient (Wildman–Crippen LogP) is 4.30. The van der Waals surface area contributed by atoms with E-state index in [1.165, 1.54) is 11.1 Å². The molecule has 2 aliphatic rings. The van der Waals surface area contributed by atoms with Crippen molar-refractivity contribution in [3.05, 3.63) is 107 Å². The Hall–Kier alpha value is -2.91. The maximum absolute atomic E-state index is 13.2. The van der Waals surface area contributed by atoms with Gasteiger partial charge in [0.1, 0.15) is 5.54 Å². The molecule has 1 fully saturated rings. The Morgan fingerprint density at radius 2 is 1.57 bits per heavy atom. The Kier molecular flexibility index (Phi) is 4.25. The van der Waals surface area contributed by atoms with E-state index in [-0.39, 0.29) is 5.91 Å². The lowest BCUT2D eigenvalue weighted by molar-refractivity contribution is -0.191. The molecule has 28 heavy (non-hydrogen) atoms. The standard InChI is InChI=1S/C25H23NO2/c27-24-23(28-18-19-10-3-1-4-11-19)25(21-14-5-2-6-15-21)22-16-8-7-12-20(22)13-9-17-26(24)25/h1-8,10-12,14-16,23H,9,13,17-18H2. The van der Waals surface area contributed by atoms with Crippen molar-refractivity contribution in [1.29, 1.82) is 0 Å². The molecule has 0 aromatic heterocycles. The van der Waals surface area contributed by atoms with Crippen LogP contribution in [-0.4, -0.2) is 23.5 Å². The van der Waals surface area contributed by atoms with Crippen LogP contribution in [0, 0.1) is 0 Å². The molecule has 2 unspecified atom stereocenters. The molecule has 0 bridgehead atoms. The van der Waals surface area contributed by atoms with E-state index in [1.54, 1.807) is 0 Å². The third-order valence-corrected chi connectivity index (χ3v) is 6.02. The van der Waals surface area contributed by atoms with Crippen LogP contribution in [0.15, 0.2) is 84.9 Å². The van der Waals surface area contributed by atoms with Crippen LogP contribution < -0.4 is 0 Å². The summed E-state index contributed by atoms with van der Waals surface area (Å²) in [5.41, 5.74) is 4.19. The summed E-state index contributed by atoms with van der Waals surface area (Å²) < 4.78 is 6.32. The molecule has 0 radical (unpaired) electrons. The Labute approximate surface area is 165 Å². The second-order valence-corrected chi connectivity index (χ2v) is 7.56. The fraction of sp³-hybridized carbons (Fsp3) is 0.240. The molecule has 1 saturated heterocycles. The molecule has 3 aromatic carbocycles. The van der Waals surface area contributed by atoms with Crippen LogP contribution in [-0.2, 0) is 28.1 Å². The maximum atomic E-state index is 13.2. The average molecular weight is 369 g/mol. The summed E-state index contributed by atoms with van der Waals surface area (Å²) in [5, 5.41) is 0. The molecule has 2 atom stereocenters. The minimum absolute atomic E-state index is 0.0940. The molecular formula is C25H23NO2. The van der Waals surface area contributed by atoms with Gasteiger partial charge in [-0.05, 0) is 35.1 Å². The largest absolute Gasteiger partial charge is 0.360 e. The van der Waals surface area contributed by atoms with Gasteiger partial charge in [0, 0.05) is 6.54 Å². The highest BCUT2D eigenvalue weighted by Crippen LogP contribution is 2.51. The minimum Gasteiger partial charge on any atom is -0.360 e. The number of hydrogen-bond donors (Lipinski definition) is 0. The van der Waals surface area contributed by atoms with Crippen molar-refractivity contribution in [1.82, 2.24) is 4.90 Å². The van der Waals surface area contributed by atoms with Gasteiger partial charge in [-0.25, -0.2) is 0 Å². The zero-order chi connectivity index (χ0) is 19.0. The number of amides is 1. The maximum Gasteiger partial charge on any atom is 0.256 e. The molecule has 5 rings (SSSR count). The number of aryl methyl sites for hydroxylation is 1. The van der Waals surface area contributed by atoms with E-state index in [2.05, 4.69) is 36.4 Å². The van der Waals surface area contributed by atoms with Gasteiger partial charge < -0.3 is 9.64 Å². The molecule has 2 aliphatic heterocycles. The lowest BCUT2D eigenvalue weighted by atomic mass is 9.69. The highest BCUT2D eigenvalue weighted by Gasteiger charge is 2.63. The third-order valence-electron chi connectivity index (χ3n) is 6.02. The van der Waals surface area contributed by atoms with Crippen molar-refractivity contribution in [3.8, 4) is 0 Å². The van der Waals surface area contributed by atoms with Gasteiger partial charge in [0.2, 0.25) is 0 Å². The van der Waals surface area contributed by atoms with E-state index in [0.29, 0.717) is 6.61 Å². The molecular weight excluding hydrogens is 346 g/mol. The van der Waals surface area contributed by atoms with E-state index in [1.807, 2.05) is 53.4 Å². The Morgan fingerprint density at radius 1 is 0.893 bits per heavy atom. The quantitative estimate of drug-likeness (QED) is 0.642. The van der Waals surface area contributed by atoms with Crippen molar-refractivity contribution in [2.24, 2.45) is 0 Å². The first-order valence-electron chi connectivity index (χ1n) is 9.93. The van der Waals surface area contributed by atoms with Crippen molar-refractivity contribution >= 4 is 5.91 Å². The van der Waals surface area contributed by atoms with Crippen LogP contribution in [0.4, 0.5) is 0 Å². The highest BCUT2D eigenvalue weighted by molar-refractivity contribution is 5.93. The van der Waals surface area contributed by atoms with Gasteiger partial charge in [-0.3, -0.25) is 4.79 Å². The fourth-order valence-corrected chi connectivity index (χ4v) is 4.78. The number of carbonyl (C=O) groups excluding carboxylic acids is 1. The molecule has 0 saturated carbocycles. The zero-order valence-corrected chi connectivity index (χ0v) is 15.8. The summed E-state index contributed by atoms with van der Waals surface area (Å²) in [5.74, 6) is 0.0940. The predicted molar refractivity (Wildman–Crippen MR) is 109 cm³/mol. The van der Waals surface area contributed by atoms with Gasteiger partial charge in [0.15, 0.2) is 6.10 Å². The van der Waals surface area contributed by atoms with E-state index < -0.39 is 11.6 Å². The average Bonchev–Trinajstić information content (AvgIpc) is 2.90. The van der Waals surface area contributed by atoms with Gasteiger partial charge in [-0.15, -0.1) is 0 Å². The van der Waals surface area contributed by atoms with Crippen LogP contribution in [0.5, 0.6) is 0 Å². The minimum atomic E-state index is -0.541. The lowest BCUT2D eigenvalue weighted by Crippen LogP contribution is -2.73. The number of ether oxygens (including phenoxy) is 1. The molecule has 2 heterocycles. The van der Waals surface area contributed by atoms with Crippen LogP contribution in [0.25, 0.3) is 0 Å². The highest BCUT2D eigenvalue weighted by atomic mass is 16.5. The first kappa shape index (κ1) is 17.2. The van der Waals surface area contributed by atoms with Gasteiger partial charge in [0.25, 0.3) is 5.91 Å². The number of carbonyl (C=O) groups is 1. The number of benzene rings is 3. The van der Waals surface area contributed by atoms with Gasteiger partial charge >= 0.3 is 0 Å². The summed E-state index contributed by atoms with van der Waals surface area (Å²) in [6.07, 6.45) is 1.46. The van der Waals surface area contributed by atoms with Crippen LogP contribution in [0.3, 0.4) is 0 Å². The molecule has 3 aromatic rings. The SMILES string of the molecule is O=C1C(OCc2ccccc2)C2(c3ccccc3)c3ccccc3CCCN12. The third kappa shape index (κ3) is 2.50. The molecule has 0 spiro atoms. The van der Waals surface area contributed by atoms with E-state index in [4.69, 9.17) is 4.74 Å². The summed E-state index contributed by atoms with van der Waals surface area (Å²) in [6, 6.07) is 29.0. The topological polar surface area (TPSA) is 29.5 Å². The van der Waals surface area contributed by atoms with Crippen molar-refractivity contribution in [3.63, 3.8) is 0 Å². The van der Waals surface area contributed by atoms with E-state index in [0.717, 1.165) is 30.5 Å². The lowest BCUT2D eigenvalue weighted by Gasteiger charge is -2.57. The number of β-lactam (4-membered cyclic amide) rings is 1. The van der Waals surface area contributed by atoms with Crippen LogP contribution >= 0.6 is 0 Å². The number of rotatable bonds is 4. The monoisotopic (exact) mass is 369 g/mol. The first-order chi connectivity index (χ1) is 13.8. The molecule has 1 amide bonds. The molecule has 0 aliphatic carbocycles. The van der Waals surface area contributed by atoms with E-state index in [9.17, 15) is 4.79 Å². The van der Waals surface area contributed by atoms with Crippen LogP contribution in [0.1, 0.15) is 28.7 Å². The van der Waals surface area contributed by atoms with Gasteiger partial charge in [-0.1, -0.05) is 84.9 Å². The molecule has 140 valence electrons. The van der Waals surface area contributed by atoms with Gasteiger partial charge in [0.05, 0.1) is 6.61 Å².